The second-order valence-corrected chi connectivity index (χ2v) is 9.04. The van der Waals surface area contributed by atoms with E-state index in [9.17, 15) is 18.0 Å². The maximum Gasteiger partial charge on any atom is 0.263 e. The zero-order chi connectivity index (χ0) is 17.8. The Labute approximate surface area is 141 Å². The number of aryl methyl sites for hydroxylation is 1. The number of pyridine rings is 1. The van der Waals surface area contributed by atoms with Crippen molar-refractivity contribution in [2.75, 3.05) is 31.6 Å². The van der Waals surface area contributed by atoms with E-state index in [1.54, 1.807) is 18.0 Å². The van der Waals surface area contributed by atoms with Crippen LogP contribution in [0.25, 0.3) is 0 Å². The van der Waals surface area contributed by atoms with E-state index in [1.807, 2.05) is 25.8 Å². The average molecular weight is 353 g/mol. The van der Waals surface area contributed by atoms with E-state index in [0.717, 1.165) is 11.3 Å². The van der Waals surface area contributed by atoms with Crippen LogP contribution in [-0.2, 0) is 16.9 Å². The van der Waals surface area contributed by atoms with Gasteiger partial charge in [0.15, 0.2) is 9.84 Å². The summed E-state index contributed by atoms with van der Waals surface area (Å²) < 4.78 is 25.5. The first-order valence-corrected chi connectivity index (χ1v) is 9.83. The Morgan fingerprint density at radius 2 is 1.75 bits per heavy atom. The van der Waals surface area contributed by atoms with Crippen LogP contribution in [0.4, 0.5) is 0 Å². The molecule has 0 aromatic carbocycles. The van der Waals surface area contributed by atoms with Crippen molar-refractivity contribution in [2.24, 2.45) is 7.05 Å². The molecule has 0 aliphatic carbocycles. The van der Waals surface area contributed by atoms with Crippen molar-refractivity contribution in [1.29, 1.82) is 0 Å². The Kier molecular flexibility index (Phi) is 4.08. The molecule has 2 aliphatic heterocycles. The van der Waals surface area contributed by atoms with Gasteiger partial charge in [-0.3, -0.25) is 14.5 Å². The molecule has 1 aromatic heterocycles. The van der Waals surface area contributed by atoms with E-state index >= 15 is 0 Å². The summed E-state index contributed by atoms with van der Waals surface area (Å²) >= 11 is 0. The Hall–Kier alpha value is -1.67. The fourth-order valence-electron chi connectivity index (χ4n) is 3.67. The molecule has 3 heterocycles. The van der Waals surface area contributed by atoms with Crippen LogP contribution in [0.1, 0.15) is 21.6 Å². The quantitative estimate of drug-likeness (QED) is 0.684. The number of carbonyl (C=O) groups excluding carboxylic acids is 1. The summed E-state index contributed by atoms with van der Waals surface area (Å²) in [5, 5.41) is 0. The number of carbonyl (C=O) groups is 1. The van der Waals surface area contributed by atoms with Crippen molar-refractivity contribution in [3.8, 4) is 0 Å². The molecule has 0 saturated carbocycles. The third kappa shape index (κ3) is 2.67. The molecular weight excluding hydrogens is 330 g/mol. The number of nitrogens with zero attached hydrogens (tertiary/aromatic N) is 3. The minimum absolute atomic E-state index is 0.0289. The highest BCUT2D eigenvalue weighted by molar-refractivity contribution is 7.91. The lowest BCUT2D eigenvalue weighted by Crippen LogP contribution is -2.60. The van der Waals surface area contributed by atoms with Crippen LogP contribution >= 0.6 is 0 Å². The zero-order valence-corrected chi connectivity index (χ0v) is 15.3. The van der Waals surface area contributed by atoms with Crippen molar-refractivity contribution in [1.82, 2.24) is 14.4 Å². The maximum absolute atomic E-state index is 13.0. The fourth-order valence-corrected chi connectivity index (χ4v) is 5.72. The molecule has 8 heteroatoms. The Morgan fingerprint density at radius 1 is 1.12 bits per heavy atom. The third-order valence-corrected chi connectivity index (χ3v) is 7.11. The van der Waals surface area contributed by atoms with Gasteiger partial charge in [0.2, 0.25) is 0 Å². The summed E-state index contributed by atoms with van der Waals surface area (Å²) in [4.78, 5) is 29.1. The highest BCUT2D eigenvalue weighted by Gasteiger charge is 2.47. The second-order valence-electron chi connectivity index (χ2n) is 6.88. The standard InChI is InChI=1S/C16H23N3O4S/c1-10-7-12(15(20)18(4)11(10)2)16(21)19-6-5-17(3)13-8-24(22,23)9-14(13)19/h7,13-14H,5-6,8-9H2,1-4H3/t13-,14+/m1/s1. The SMILES string of the molecule is Cc1cc(C(=O)N2CCN(C)[C@@H]3CS(=O)(=O)C[C@@H]32)c(=O)n(C)c1C. The van der Waals surface area contributed by atoms with E-state index in [2.05, 4.69) is 0 Å². The molecule has 0 radical (unpaired) electrons. The van der Waals surface area contributed by atoms with Gasteiger partial charge in [0, 0.05) is 31.9 Å². The topological polar surface area (TPSA) is 79.7 Å². The molecule has 132 valence electrons. The Morgan fingerprint density at radius 3 is 2.42 bits per heavy atom. The van der Waals surface area contributed by atoms with Crippen LogP contribution < -0.4 is 5.56 Å². The number of amides is 1. The minimum Gasteiger partial charge on any atom is -0.332 e. The number of sulfone groups is 1. The van der Waals surface area contributed by atoms with E-state index in [4.69, 9.17) is 0 Å². The lowest BCUT2D eigenvalue weighted by molar-refractivity contribution is 0.0408. The molecule has 2 aliphatic rings. The van der Waals surface area contributed by atoms with Crippen molar-refractivity contribution in [3.63, 3.8) is 0 Å². The lowest BCUT2D eigenvalue weighted by atomic mass is 10.0. The van der Waals surface area contributed by atoms with Crippen molar-refractivity contribution >= 4 is 15.7 Å². The summed E-state index contributed by atoms with van der Waals surface area (Å²) in [5.41, 5.74) is 1.47. The zero-order valence-electron chi connectivity index (χ0n) is 14.4. The molecule has 3 rings (SSSR count). The van der Waals surface area contributed by atoms with E-state index in [1.165, 1.54) is 4.57 Å². The molecule has 2 saturated heterocycles. The molecule has 0 spiro atoms. The van der Waals surface area contributed by atoms with Gasteiger partial charge in [0.25, 0.3) is 11.5 Å². The molecule has 0 unspecified atom stereocenters. The average Bonchev–Trinajstić information content (AvgIpc) is 2.84. The molecule has 2 atom stereocenters. The molecule has 0 N–H and O–H groups in total. The lowest BCUT2D eigenvalue weighted by Gasteiger charge is -2.42. The molecule has 2 fully saturated rings. The number of hydrogen-bond acceptors (Lipinski definition) is 5. The molecule has 24 heavy (non-hydrogen) atoms. The maximum atomic E-state index is 13.0. The van der Waals surface area contributed by atoms with E-state index < -0.39 is 9.84 Å². The van der Waals surface area contributed by atoms with Gasteiger partial charge in [0.05, 0.1) is 17.5 Å². The van der Waals surface area contributed by atoms with Gasteiger partial charge in [0.1, 0.15) is 5.56 Å². The van der Waals surface area contributed by atoms with Crippen molar-refractivity contribution in [3.05, 3.63) is 33.2 Å². The molecule has 7 nitrogen and oxygen atoms in total. The van der Waals surface area contributed by atoms with Crippen LogP contribution in [0, 0.1) is 13.8 Å². The number of fused-ring (bicyclic) bond motifs is 1. The number of piperazine rings is 1. The van der Waals surface area contributed by atoms with Crippen LogP contribution in [0.5, 0.6) is 0 Å². The highest BCUT2D eigenvalue weighted by Crippen LogP contribution is 2.27. The first-order valence-electron chi connectivity index (χ1n) is 8.01. The van der Waals surface area contributed by atoms with Gasteiger partial charge in [-0.1, -0.05) is 0 Å². The number of hydrogen-bond donors (Lipinski definition) is 0. The monoisotopic (exact) mass is 353 g/mol. The molecule has 0 bridgehead atoms. The van der Waals surface area contributed by atoms with Crippen LogP contribution in [0.3, 0.4) is 0 Å². The number of rotatable bonds is 1. The third-order valence-electron chi connectivity index (χ3n) is 5.41. The van der Waals surface area contributed by atoms with Crippen molar-refractivity contribution in [2.45, 2.75) is 25.9 Å². The Balaban J connectivity index is 2.01. The van der Waals surface area contributed by atoms with E-state index in [-0.39, 0.29) is 40.6 Å². The fraction of sp³-hybridized carbons (Fsp3) is 0.625. The van der Waals surface area contributed by atoms with Crippen LogP contribution in [-0.4, -0.2) is 72.4 Å². The van der Waals surface area contributed by atoms with Gasteiger partial charge in [-0.2, -0.15) is 0 Å². The first kappa shape index (κ1) is 17.2. The predicted octanol–water partition coefficient (Wildman–Crippen LogP) is -0.445. The first-order chi connectivity index (χ1) is 11.1. The summed E-state index contributed by atoms with van der Waals surface area (Å²) in [5.74, 6) is -0.319. The van der Waals surface area contributed by atoms with Gasteiger partial charge in [-0.15, -0.1) is 0 Å². The smallest absolute Gasteiger partial charge is 0.263 e. The summed E-state index contributed by atoms with van der Waals surface area (Å²) in [7, 11) is 0.369. The Bertz CT molecular complexity index is 859. The predicted molar refractivity (Wildman–Crippen MR) is 91.1 cm³/mol. The number of likely N-dealkylation sites (N-methyl/N-ethyl adjacent to an activating group) is 1. The van der Waals surface area contributed by atoms with Gasteiger partial charge >= 0.3 is 0 Å². The van der Waals surface area contributed by atoms with E-state index in [0.29, 0.717) is 13.1 Å². The largest absolute Gasteiger partial charge is 0.332 e. The van der Waals surface area contributed by atoms with Crippen LogP contribution in [0.2, 0.25) is 0 Å². The second kappa shape index (κ2) is 5.70. The summed E-state index contributed by atoms with van der Waals surface area (Å²) in [6.07, 6.45) is 0. The summed E-state index contributed by atoms with van der Waals surface area (Å²) in [6.45, 7) is 4.73. The molecule has 1 aromatic rings. The number of aromatic nitrogens is 1. The van der Waals surface area contributed by atoms with Crippen molar-refractivity contribution < 1.29 is 13.2 Å². The summed E-state index contributed by atoms with van der Waals surface area (Å²) in [6, 6.07) is 1.05. The van der Waals surface area contributed by atoms with Crippen LogP contribution in [0.15, 0.2) is 10.9 Å². The van der Waals surface area contributed by atoms with Gasteiger partial charge in [-0.05, 0) is 32.5 Å². The normalized spacial score (nSPS) is 26.4. The highest BCUT2D eigenvalue weighted by atomic mass is 32.2. The van der Waals surface area contributed by atoms with Gasteiger partial charge < -0.3 is 9.47 Å². The molecule has 1 amide bonds. The minimum atomic E-state index is -3.16. The van der Waals surface area contributed by atoms with Gasteiger partial charge in [-0.25, -0.2) is 8.42 Å². The molecular formula is C16H23N3O4S.